The van der Waals surface area contributed by atoms with Crippen molar-refractivity contribution in [3.63, 3.8) is 0 Å². The Kier molecular flexibility index (Phi) is 4.58. The molecular weight excluding hydrogens is 242 g/mol. The highest BCUT2D eigenvalue weighted by molar-refractivity contribution is 5.05. The minimum Gasteiger partial charge on any atom is -0.373 e. The minimum atomic E-state index is -0.442. The second-order valence-electron chi connectivity index (χ2n) is 5.60. The Bertz CT molecular complexity index is 393. The zero-order valence-electron chi connectivity index (χ0n) is 12.2. The van der Waals surface area contributed by atoms with Crippen LogP contribution in [0.25, 0.3) is 0 Å². The topological polar surface area (TPSA) is 74.2 Å². The van der Waals surface area contributed by atoms with Crippen LogP contribution in [0.1, 0.15) is 70.2 Å². The lowest BCUT2D eigenvalue weighted by molar-refractivity contribution is 0.0903. The highest BCUT2D eigenvalue weighted by atomic mass is 16.5. The van der Waals surface area contributed by atoms with Crippen molar-refractivity contribution in [2.24, 2.45) is 11.7 Å². The summed E-state index contributed by atoms with van der Waals surface area (Å²) >= 11 is 0. The summed E-state index contributed by atoms with van der Waals surface area (Å²) < 4.78 is 10.7. The molecule has 1 aliphatic rings. The van der Waals surface area contributed by atoms with E-state index in [2.05, 4.69) is 17.1 Å². The maximum Gasteiger partial charge on any atom is 0.246 e. The molecule has 1 aromatic rings. The third kappa shape index (κ3) is 2.98. The highest BCUT2D eigenvalue weighted by Crippen LogP contribution is 2.38. The summed E-state index contributed by atoms with van der Waals surface area (Å²) in [6.45, 7) is 4.28. The Morgan fingerprint density at radius 1 is 1.42 bits per heavy atom. The average molecular weight is 267 g/mol. The van der Waals surface area contributed by atoms with Crippen LogP contribution < -0.4 is 5.73 Å². The van der Waals surface area contributed by atoms with Gasteiger partial charge in [-0.15, -0.1) is 0 Å². The van der Waals surface area contributed by atoms with Crippen LogP contribution >= 0.6 is 0 Å². The molecule has 0 aliphatic heterocycles. The fourth-order valence-corrected chi connectivity index (χ4v) is 2.84. The summed E-state index contributed by atoms with van der Waals surface area (Å²) in [5.41, 5.74) is 6.02. The predicted octanol–water partition coefficient (Wildman–Crippen LogP) is 2.92. The molecule has 5 nitrogen and oxygen atoms in total. The van der Waals surface area contributed by atoms with E-state index in [1.165, 1.54) is 6.42 Å². The molecule has 1 atom stereocenters. The second kappa shape index (κ2) is 6.01. The number of aromatic nitrogens is 2. The fourth-order valence-electron chi connectivity index (χ4n) is 2.84. The molecule has 5 heteroatoms. The third-order valence-electron chi connectivity index (χ3n) is 4.39. The van der Waals surface area contributed by atoms with E-state index in [4.69, 9.17) is 15.0 Å². The van der Waals surface area contributed by atoms with Crippen molar-refractivity contribution >= 4 is 0 Å². The molecule has 0 aromatic carbocycles. The predicted molar refractivity (Wildman–Crippen MR) is 72.5 cm³/mol. The maximum atomic E-state index is 6.46. The van der Waals surface area contributed by atoms with Crippen LogP contribution in [-0.4, -0.2) is 17.3 Å². The summed E-state index contributed by atoms with van der Waals surface area (Å²) in [6, 6.07) is 0. The largest absolute Gasteiger partial charge is 0.373 e. The molecule has 0 bridgehead atoms. The molecule has 19 heavy (non-hydrogen) atoms. The first-order chi connectivity index (χ1) is 9.12. The second-order valence-corrected chi connectivity index (χ2v) is 5.60. The van der Waals surface area contributed by atoms with E-state index in [0.29, 0.717) is 11.7 Å². The van der Waals surface area contributed by atoms with Crippen LogP contribution in [0.15, 0.2) is 4.52 Å². The number of nitrogens with zero attached hydrogens (tertiary/aromatic N) is 2. The van der Waals surface area contributed by atoms with Crippen molar-refractivity contribution < 1.29 is 9.26 Å². The Morgan fingerprint density at radius 3 is 2.63 bits per heavy atom. The maximum absolute atomic E-state index is 6.46. The SMILES string of the molecule is CCC1CCC(N)(c2nc(C(CC)OC)no2)CC1. The normalized spacial score (nSPS) is 29.4. The van der Waals surface area contributed by atoms with Gasteiger partial charge in [-0.1, -0.05) is 25.4 Å². The van der Waals surface area contributed by atoms with Crippen LogP contribution in [0.2, 0.25) is 0 Å². The van der Waals surface area contributed by atoms with E-state index in [1.807, 2.05) is 6.92 Å². The van der Waals surface area contributed by atoms with E-state index in [0.717, 1.165) is 38.0 Å². The van der Waals surface area contributed by atoms with E-state index in [-0.39, 0.29) is 6.10 Å². The molecule has 108 valence electrons. The molecule has 1 fully saturated rings. The smallest absolute Gasteiger partial charge is 0.246 e. The van der Waals surface area contributed by atoms with Crippen molar-refractivity contribution in [3.8, 4) is 0 Å². The quantitative estimate of drug-likeness (QED) is 0.887. The van der Waals surface area contributed by atoms with Gasteiger partial charge in [-0.3, -0.25) is 0 Å². The van der Waals surface area contributed by atoms with Gasteiger partial charge < -0.3 is 15.0 Å². The molecule has 1 unspecified atom stereocenters. The van der Waals surface area contributed by atoms with Crippen LogP contribution in [0, 0.1) is 5.92 Å². The Hall–Kier alpha value is -0.940. The van der Waals surface area contributed by atoms with Gasteiger partial charge in [0, 0.05) is 7.11 Å². The molecular formula is C14H25N3O2. The van der Waals surface area contributed by atoms with Gasteiger partial charge in [0.25, 0.3) is 0 Å². The van der Waals surface area contributed by atoms with Crippen molar-refractivity contribution in [2.45, 2.75) is 64.0 Å². The van der Waals surface area contributed by atoms with Gasteiger partial charge in [0.2, 0.25) is 11.7 Å². The third-order valence-corrected chi connectivity index (χ3v) is 4.39. The first-order valence-electron chi connectivity index (χ1n) is 7.28. The molecule has 1 aromatic heterocycles. The summed E-state index contributed by atoms with van der Waals surface area (Å²) in [5, 5.41) is 4.03. The standard InChI is InChI=1S/C14H25N3O2/c1-4-10-6-8-14(15,9-7-10)13-16-12(17-19-13)11(5-2)18-3/h10-11H,4-9,15H2,1-3H3. The zero-order chi connectivity index (χ0) is 13.9. The molecule has 0 radical (unpaired) electrons. The van der Waals surface area contributed by atoms with Gasteiger partial charge in [0.15, 0.2) is 0 Å². The van der Waals surface area contributed by atoms with E-state index in [9.17, 15) is 0 Å². The molecule has 1 heterocycles. The first kappa shape index (κ1) is 14.5. The van der Waals surface area contributed by atoms with Gasteiger partial charge in [-0.25, -0.2) is 0 Å². The van der Waals surface area contributed by atoms with Gasteiger partial charge in [0.1, 0.15) is 6.10 Å². The number of methoxy groups -OCH3 is 1. The van der Waals surface area contributed by atoms with Crippen molar-refractivity contribution in [2.75, 3.05) is 7.11 Å². The number of hydrogen-bond donors (Lipinski definition) is 1. The van der Waals surface area contributed by atoms with Gasteiger partial charge in [-0.2, -0.15) is 4.98 Å². The Balaban J connectivity index is 2.09. The number of rotatable bonds is 5. The Labute approximate surface area is 114 Å². The highest BCUT2D eigenvalue weighted by Gasteiger charge is 2.38. The summed E-state index contributed by atoms with van der Waals surface area (Å²) in [4.78, 5) is 4.47. The molecule has 1 aliphatic carbocycles. The van der Waals surface area contributed by atoms with Crippen LogP contribution in [0.5, 0.6) is 0 Å². The monoisotopic (exact) mass is 267 g/mol. The van der Waals surface area contributed by atoms with Crippen molar-refractivity contribution in [1.29, 1.82) is 0 Å². The first-order valence-corrected chi connectivity index (χ1v) is 7.28. The fraction of sp³-hybridized carbons (Fsp3) is 0.857. The summed E-state index contributed by atoms with van der Waals surface area (Å²) in [7, 11) is 1.66. The van der Waals surface area contributed by atoms with Crippen LogP contribution in [0.3, 0.4) is 0 Å². The molecule has 2 N–H and O–H groups in total. The molecule has 1 saturated carbocycles. The lowest BCUT2D eigenvalue weighted by atomic mass is 9.76. The van der Waals surface area contributed by atoms with Crippen LogP contribution in [0.4, 0.5) is 0 Å². The van der Waals surface area contributed by atoms with Crippen molar-refractivity contribution in [3.05, 3.63) is 11.7 Å². The summed E-state index contributed by atoms with van der Waals surface area (Å²) in [5.74, 6) is 1.98. The van der Waals surface area contributed by atoms with Gasteiger partial charge >= 0.3 is 0 Å². The number of ether oxygens (including phenoxy) is 1. The zero-order valence-corrected chi connectivity index (χ0v) is 12.2. The van der Waals surface area contributed by atoms with E-state index >= 15 is 0 Å². The molecule has 0 amide bonds. The molecule has 2 rings (SSSR count). The molecule has 0 saturated heterocycles. The van der Waals surface area contributed by atoms with Gasteiger partial charge in [-0.05, 0) is 38.0 Å². The lowest BCUT2D eigenvalue weighted by Crippen LogP contribution is -2.40. The minimum absolute atomic E-state index is 0.104. The van der Waals surface area contributed by atoms with Gasteiger partial charge in [0.05, 0.1) is 5.54 Å². The average Bonchev–Trinajstić information content (AvgIpc) is 2.92. The van der Waals surface area contributed by atoms with Crippen LogP contribution in [-0.2, 0) is 10.3 Å². The van der Waals surface area contributed by atoms with Crippen molar-refractivity contribution in [1.82, 2.24) is 10.1 Å². The summed E-state index contributed by atoms with van der Waals surface area (Å²) in [6.07, 6.45) is 6.09. The lowest BCUT2D eigenvalue weighted by Gasteiger charge is -2.33. The Morgan fingerprint density at radius 2 is 2.11 bits per heavy atom. The van der Waals surface area contributed by atoms with E-state index < -0.39 is 5.54 Å². The molecule has 0 spiro atoms. The number of hydrogen-bond acceptors (Lipinski definition) is 5. The van der Waals surface area contributed by atoms with E-state index in [1.54, 1.807) is 7.11 Å². The number of nitrogens with two attached hydrogens (primary N) is 1.